The molecule has 0 aromatic rings. The molecule has 1 rings (SSSR count). The lowest BCUT2D eigenvalue weighted by Gasteiger charge is -2.24. The van der Waals surface area contributed by atoms with Crippen LogP contribution in [0, 0.1) is 0 Å². The summed E-state index contributed by atoms with van der Waals surface area (Å²) in [5.74, 6) is 0. The highest BCUT2D eigenvalue weighted by atomic mass is 15.2. The minimum Gasteiger partial charge on any atom is -0.351 e. The standard InChI is InChI=1S/C14H26N2/c1-3-5-7-9-15-11-13-16(14-12-15)10-8-6-4-2/h11-14H,3-10H2,1-2H3. The molecule has 0 radical (unpaired) electrons. The molecule has 0 N–H and O–H groups in total. The second-order valence-corrected chi connectivity index (χ2v) is 4.49. The van der Waals surface area contributed by atoms with Gasteiger partial charge in [-0.15, -0.1) is 0 Å². The van der Waals surface area contributed by atoms with E-state index in [9.17, 15) is 0 Å². The molecule has 0 bridgehead atoms. The maximum absolute atomic E-state index is 2.28. The van der Waals surface area contributed by atoms with E-state index in [4.69, 9.17) is 0 Å². The van der Waals surface area contributed by atoms with Crippen LogP contribution in [0.3, 0.4) is 0 Å². The topological polar surface area (TPSA) is 6.48 Å². The van der Waals surface area contributed by atoms with E-state index in [2.05, 4.69) is 48.4 Å². The highest BCUT2D eigenvalue weighted by molar-refractivity contribution is 5.00. The van der Waals surface area contributed by atoms with Crippen molar-refractivity contribution in [2.24, 2.45) is 0 Å². The van der Waals surface area contributed by atoms with Gasteiger partial charge in [0.2, 0.25) is 0 Å². The Morgan fingerprint density at radius 1 is 0.625 bits per heavy atom. The van der Waals surface area contributed by atoms with Crippen LogP contribution in [-0.2, 0) is 0 Å². The Bertz CT molecular complexity index is 185. The van der Waals surface area contributed by atoms with Gasteiger partial charge in [0.1, 0.15) is 0 Å². The van der Waals surface area contributed by atoms with Crippen molar-refractivity contribution in [1.82, 2.24) is 9.80 Å². The van der Waals surface area contributed by atoms with Gasteiger partial charge in [-0.1, -0.05) is 39.5 Å². The summed E-state index contributed by atoms with van der Waals surface area (Å²) >= 11 is 0. The van der Waals surface area contributed by atoms with Crippen LogP contribution in [0.1, 0.15) is 52.4 Å². The van der Waals surface area contributed by atoms with Crippen molar-refractivity contribution in [2.75, 3.05) is 13.1 Å². The van der Waals surface area contributed by atoms with E-state index in [0.717, 1.165) is 13.1 Å². The van der Waals surface area contributed by atoms with Gasteiger partial charge in [-0.25, -0.2) is 0 Å². The lowest BCUT2D eigenvalue weighted by atomic mass is 10.2. The van der Waals surface area contributed by atoms with Crippen molar-refractivity contribution in [3.8, 4) is 0 Å². The first-order valence-corrected chi connectivity index (χ1v) is 6.75. The van der Waals surface area contributed by atoms with Crippen LogP contribution in [0.25, 0.3) is 0 Å². The van der Waals surface area contributed by atoms with Gasteiger partial charge in [0.25, 0.3) is 0 Å². The van der Waals surface area contributed by atoms with E-state index in [1.807, 2.05) is 0 Å². The predicted octanol–water partition coefficient (Wildman–Crippen LogP) is 3.93. The molecule has 0 amide bonds. The number of hydrogen-bond acceptors (Lipinski definition) is 2. The van der Waals surface area contributed by atoms with E-state index < -0.39 is 0 Å². The first-order valence-electron chi connectivity index (χ1n) is 6.75. The Balaban J connectivity index is 2.14. The summed E-state index contributed by atoms with van der Waals surface area (Å²) in [6, 6.07) is 0. The molecule has 1 heterocycles. The van der Waals surface area contributed by atoms with Crippen LogP contribution >= 0.6 is 0 Å². The van der Waals surface area contributed by atoms with Crippen molar-refractivity contribution in [2.45, 2.75) is 52.4 Å². The van der Waals surface area contributed by atoms with Gasteiger partial charge in [-0.3, -0.25) is 0 Å². The molecular weight excluding hydrogens is 196 g/mol. The van der Waals surface area contributed by atoms with Crippen molar-refractivity contribution < 1.29 is 0 Å². The smallest absolute Gasteiger partial charge is 0.0220 e. The summed E-state index contributed by atoms with van der Waals surface area (Å²) in [5.41, 5.74) is 0. The van der Waals surface area contributed by atoms with E-state index in [1.54, 1.807) is 0 Å². The van der Waals surface area contributed by atoms with Crippen LogP contribution in [0.5, 0.6) is 0 Å². The van der Waals surface area contributed by atoms with Crippen molar-refractivity contribution >= 4 is 0 Å². The highest BCUT2D eigenvalue weighted by Crippen LogP contribution is 2.08. The summed E-state index contributed by atoms with van der Waals surface area (Å²) in [7, 11) is 0. The van der Waals surface area contributed by atoms with Gasteiger partial charge in [-0.05, 0) is 12.8 Å². The fraction of sp³-hybridized carbons (Fsp3) is 0.714. The summed E-state index contributed by atoms with van der Waals surface area (Å²) in [5, 5.41) is 0. The molecule has 1 aliphatic rings. The van der Waals surface area contributed by atoms with Gasteiger partial charge < -0.3 is 9.80 Å². The fourth-order valence-corrected chi connectivity index (χ4v) is 1.83. The average molecular weight is 222 g/mol. The van der Waals surface area contributed by atoms with Gasteiger partial charge in [0.05, 0.1) is 0 Å². The van der Waals surface area contributed by atoms with Gasteiger partial charge >= 0.3 is 0 Å². The lowest BCUT2D eigenvalue weighted by molar-refractivity contribution is 0.403. The number of unbranched alkanes of at least 4 members (excludes halogenated alkanes) is 4. The van der Waals surface area contributed by atoms with E-state index in [0.29, 0.717) is 0 Å². The van der Waals surface area contributed by atoms with E-state index in [-0.39, 0.29) is 0 Å². The monoisotopic (exact) mass is 222 g/mol. The van der Waals surface area contributed by atoms with Crippen molar-refractivity contribution in [3.05, 3.63) is 24.8 Å². The molecule has 2 nitrogen and oxygen atoms in total. The fourth-order valence-electron chi connectivity index (χ4n) is 1.83. The molecular formula is C14H26N2. The number of rotatable bonds is 8. The Morgan fingerprint density at radius 3 is 1.31 bits per heavy atom. The normalized spacial score (nSPS) is 14.9. The first-order chi connectivity index (χ1) is 7.86. The summed E-state index contributed by atoms with van der Waals surface area (Å²) in [6.45, 7) is 6.81. The SMILES string of the molecule is CCCCCN1C=CN(CCCCC)C=C1. The van der Waals surface area contributed by atoms with Crippen LogP contribution in [-0.4, -0.2) is 22.9 Å². The maximum atomic E-state index is 2.28. The van der Waals surface area contributed by atoms with Gasteiger partial charge in [-0.2, -0.15) is 0 Å². The van der Waals surface area contributed by atoms with E-state index in [1.165, 1.54) is 38.5 Å². The van der Waals surface area contributed by atoms with Crippen LogP contribution in [0.4, 0.5) is 0 Å². The Hall–Kier alpha value is -0.920. The molecule has 0 atom stereocenters. The number of hydrogen-bond donors (Lipinski definition) is 0. The molecule has 0 unspecified atom stereocenters. The molecule has 0 saturated carbocycles. The van der Waals surface area contributed by atoms with Crippen molar-refractivity contribution in [3.63, 3.8) is 0 Å². The quantitative estimate of drug-likeness (QED) is 0.574. The average Bonchev–Trinajstić information content (AvgIpc) is 2.32. The third-order valence-corrected chi connectivity index (χ3v) is 2.94. The molecule has 92 valence electrons. The van der Waals surface area contributed by atoms with Crippen LogP contribution in [0.15, 0.2) is 24.8 Å². The second kappa shape index (κ2) is 8.26. The lowest BCUT2D eigenvalue weighted by Crippen LogP contribution is -2.21. The summed E-state index contributed by atoms with van der Waals surface area (Å²) in [6.07, 6.45) is 16.6. The third kappa shape index (κ3) is 5.24. The largest absolute Gasteiger partial charge is 0.351 e. The molecule has 0 fully saturated rings. The van der Waals surface area contributed by atoms with Gasteiger partial charge in [0, 0.05) is 37.9 Å². The molecule has 2 heteroatoms. The maximum Gasteiger partial charge on any atom is 0.0220 e. The molecule has 1 aliphatic heterocycles. The number of nitrogens with zero attached hydrogens (tertiary/aromatic N) is 2. The zero-order valence-corrected chi connectivity index (χ0v) is 10.9. The third-order valence-electron chi connectivity index (χ3n) is 2.94. The summed E-state index contributed by atoms with van der Waals surface area (Å²) < 4.78 is 0. The van der Waals surface area contributed by atoms with E-state index >= 15 is 0 Å². The van der Waals surface area contributed by atoms with Crippen LogP contribution in [0.2, 0.25) is 0 Å². The zero-order chi connectivity index (χ0) is 11.6. The highest BCUT2D eigenvalue weighted by Gasteiger charge is 2.02. The molecule has 0 aliphatic carbocycles. The first kappa shape index (κ1) is 13.1. The predicted molar refractivity (Wildman–Crippen MR) is 70.7 cm³/mol. The van der Waals surface area contributed by atoms with Crippen molar-refractivity contribution in [1.29, 1.82) is 0 Å². The minimum atomic E-state index is 1.16. The summed E-state index contributed by atoms with van der Waals surface area (Å²) in [4.78, 5) is 4.57. The minimum absolute atomic E-state index is 1.16. The molecule has 0 aromatic carbocycles. The van der Waals surface area contributed by atoms with Crippen LogP contribution < -0.4 is 0 Å². The molecule has 16 heavy (non-hydrogen) atoms. The Labute approximate surface area is 101 Å². The molecule has 0 saturated heterocycles. The second-order valence-electron chi connectivity index (χ2n) is 4.49. The van der Waals surface area contributed by atoms with Gasteiger partial charge in [0.15, 0.2) is 0 Å². The molecule has 0 aromatic heterocycles. The molecule has 0 spiro atoms. The Morgan fingerprint density at radius 2 is 1.00 bits per heavy atom. The zero-order valence-electron chi connectivity index (χ0n) is 10.9. The Kier molecular flexibility index (Phi) is 6.78.